The van der Waals surface area contributed by atoms with Crippen LogP contribution >= 0.6 is 25.3 Å². The second-order valence-electron chi connectivity index (χ2n) is 19.8. The number of phenols is 3. The molecule has 86 heavy (non-hydrogen) atoms. The minimum absolute atomic E-state index is 0.00524. The summed E-state index contributed by atoms with van der Waals surface area (Å²) < 4.78 is 0. The highest BCUT2D eigenvalue weighted by molar-refractivity contribution is 7.80. The Morgan fingerprint density at radius 2 is 0.837 bits per heavy atom. The van der Waals surface area contributed by atoms with Gasteiger partial charge in [0.25, 0.3) is 0 Å². The van der Waals surface area contributed by atoms with Gasteiger partial charge in [-0.05, 0) is 77.6 Å². The minimum atomic E-state index is -1.94. The molecular weight excluding hydrogens is 1160 g/mol. The lowest BCUT2D eigenvalue weighted by molar-refractivity contribution is -0.142. The summed E-state index contributed by atoms with van der Waals surface area (Å²) in [7, 11) is 0. The Morgan fingerprint density at radius 3 is 1.33 bits per heavy atom. The second-order valence-corrected chi connectivity index (χ2v) is 20.6. The number of hydrogen-bond acceptors (Lipinski definition) is 18. The molecule has 5 aromatic rings. The number of H-pyrrole nitrogens is 1. The SMILES string of the molecule is NC(=O)CCC(NC(=O)C(CO)NC(=O)C(Cc1c[nH]c2ccccc12)NC(=O)C(CS)NC(=O)C(N)Cc1ccc(O)cc1)C(=O)NC(CC(N)=O)C(=O)NC(Cc1ccc(O)cc1)C(=O)NC(CS)C(=O)NC(Cc1ccc(O)cc1)C(=O)O. The number of para-hydroxylation sites is 1. The Kier molecular flexibility index (Phi) is 25.6. The number of rotatable bonds is 33. The molecule has 0 saturated heterocycles. The zero-order valence-corrected chi connectivity index (χ0v) is 47.7. The van der Waals surface area contributed by atoms with Crippen molar-refractivity contribution >= 4 is 101 Å². The number of aromatic hydroxyl groups is 3. The maximum Gasteiger partial charge on any atom is 0.326 e. The van der Waals surface area contributed by atoms with E-state index >= 15 is 0 Å². The van der Waals surface area contributed by atoms with Crippen molar-refractivity contribution < 1.29 is 78.3 Å². The van der Waals surface area contributed by atoms with Crippen LogP contribution < -0.4 is 59.7 Å². The number of nitrogens with one attached hydrogen (secondary N) is 9. The van der Waals surface area contributed by atoms with Crippen molar-refractivity contribution in [1.29, 1.82) is 0 Å². The molecule has 0 radical (unpaired) electrons. The molecule has 4 aromatic carbocycles. The molecule has 30 heteroatoms. The van der Waals surface area contributed by atoms with Crippen molar-refractivity contribution in [2.24, 2.45) is 17.2 Å². The first-order valence-electron chi connectivity index (χ1n) is 26.6. The average Bonchev–Trinajstić information content (AvgIpc) is 2.37. The van der Waals surface area contributed by atoms with E-state index in [1.165, 1.54) is 60.7 Å². The van der Waals surface area contributed by atoms with E-state index in [-0.39, 0.29) is 48.7 Å². The van der Waals surface area contributed by atoms with Crippen LogP contribution in [-0.4, -0.2) is 168 Å². The number of aliphatic carboxylic acids is 1. The summed E-state index contributed by atoms with van der Waals surface area (Å²) in [5.41, 5.74) is 19.6. The van der Waals surface area contributed by atoms with Crippen molar-refractivity contribution in [3.8, 4) is 17.2 Å². The molecule has 5 rings (SSSR count). The molecule has 0 fully saturated rings. The molecule has 0 spiro atoms. The third-order valence-electron chi connectivity index (χ3n) is 13.3. The number of primary amides is 2. The molecule has 0 bridgehead atoms. The highest BCUT2D eigenvalue weighted by atomic mass is 32.1. The van der Waals surface area contributed by atoms with E-state index in [1.807, 2.05) is 0 Å². The number of benzene rings is 4. The van der Waals surface area contributed by atoms with Crippen LogP contribution in [0, 0.1) is 0 Å². The maximum absolute atomic E-state index is 14.3. The first-order valence-corrected chi connectivity index (χ1v) is 27.8. The second kappa shape index (κ2) is 32.6. The lowest BCUT2D eigenvalue weighted by atomic mass is 10.0. The van der Waals surface area contributed by atoms with Gasteiger partial charge in [0.1, 0.15) is 65.6 Å². The summed E-state index contributed by atoms with van der Waals surface area (Å²) >= 11 is 8.40. The Balaban J connectivity index is 1.33. The van der Waals surface area contributed by atoms with Crippen LogP contribution in [0.1, 0.15) is 41.5 Å². The third kappa shape index (κ3) is 20.7. The van der Waals surface area contributed by atoms with E-state index in [2.05, 4.69) is 72.8 Å². The van der Waals surface area contributed by atoms with E-state index in [4.69, 9.17) is 17.2 Å². The average molecular weight is 1230 g/mol. The van der Waals surface area contributed by atoms with E-state index < -0.39 is 151 Å². The van der Waals surface area contributed by atoms with Gasteiger partial charge in [-0.25, -0.2) is 4.79 Å². The third-order valence-corrected chi connectivity index (χ3v) is 14.0. The molecule has 1 aromatic heterocycles. The molecule has 10 amide bonds. The smallest absolute Gasteiger partial charge is 0.326 e. The van der Waals surface area contributed by atoms with Crippen molar-refractivity contribution in [1.82, 2.24) is 47.5 Å². The number of aromatic amines is 1. The van der Waals surface area contributed by atoms with Gasteiger partial charge in [0.2, 0.25) is 59.1 Å². The fraction of sp³-hybridized carbons (Fsp3) is 0.339. The number of aliphatic hydroxyl groups is 1. The number of amides is 10. The Bertz CT molecular complexity index is 3220. The van der Waals surface area contributed by atoms with Crippen molar-refractivity contribution in [2.45, 2.75) is 99.3 Å². The lowest BCUT2D eigenvalue weighted by Crippen LogP contribution is -2.61. The number of fused-ring (bicyclic) bond motifs is 1. The van der Waals surface area contributed by atoms with Crippen LogP contribution in [0.25, 0.3) is 10.9 Å². The summed E-state index contributed by atoms with van der Waals surface area (Å²) in [6, 6.07) is 9.33. The molecule has 20 N–H and O–H groups in total. The van der Waals surface area contributed by atoms with Crippen molar-refractivity contribution in [3.63, 3.8) is 0 Å². The molecule has 9 atom stereocenters. The van der Waals surface area contributed by atoms with Crippen molar-refractivity contribution in [3.05, 3.63) is 126 Å². The molecule has 0 saturated carbocycles. The van der Waals surface area contributed by atoms with Gasteiger partial charge in [0.05, 0.1) is 19.1 Å². The molecule has 0 aliphatic heterocycles. The summed E-state index contributed by atoms with van der Waals surface area (Å²) in [5.74, 6) is -13.0. The van der Waals surface area contributed by atoms with Crippen LogP contribution in [-0.2, 0) is 78.4 Å². The van der Waals surface area contributed by atoms with Gasteiger partial charge in [0.15, 0.2) is 0 Å². The van der Waals surface area contributed by atoms with Crippen LogP contribution in [0.3, 0.4) is 0 Å². The summed E-state index contributed by atoms with van der Waals surface area (Å²) in [6.45, 7) is -1.13. The lowest BCUT2D eigenvalue weighted by Gasteiger charge is -2.27. The summed E-state index contributed by atoms with van der Waals surface area (Å²) in [5, 5.41) is 69.4. The van der Waals surface area contributed by atoms with E-state index in [1.54, 1.807) is 42.6 Å². The quantitative estimate of drug-likeness (QED) is 0.0184. The van der Waals surface area contributed by atoms with E-state index in [9.17, 15) is 78.3 Å². The molecule has 0 aliphatic rings. The van der Waals surface area contributed by atoms with Gasteiger partial charge in [-0.2, -0.15) is 25.3 Å². The number of carboxylic acids is 1. The van der Waals surface area contributed by atoms with E-state index in [0.717, 1.165) is 0 Å². The standard InChI is InChI=1S/C56H68N12O16S2/c57-36(19-28-5-11-32(70)12-6-28)48(75)67-44(26-85)54(81)63-40(22-31-24-60-37-4-2-1-3-35(31)37)51(78)66-43(25-69)53(80)61-38(17-18-46(58)73)49(76)64-41(23-47(59)74)52(79)62-39(20-29-7-13-33(71)14-8-29)50(77)68-45(27-86)55(82)65-42(56(83)84)21-30-9-15-34(72)16-10-30/h1-16,24,36,38-45,60,69-72,85-86H,17-23,25-27,57H2,(H2,58,73)(H2,59,74)(H,61,80)(H,62,79)(H,63,81)(H,64,76)(H,65,82)(H,66,78)(H,67,75)(H,68,77)(H,83,84). The highest BCUT2D eigenvalue weighted by Gasteiger charge is 2.36. The number of carbonyl (C=O) groups is 11. The van der Waals surface area contributed by atoms with Crippen LogP contribution in [0.5, 0.6) is 17.2 Å². The van der Waals surface area contributed by atoms with Gasteiger partial charge in [0, 0.05) is 54.3 Å². The summed E-state index contributed by atoms with van der Waals surface area (Å²) in [6.07, 6.45) is -1.32. The Morgan fingerprint density at radius 1 is 0.453 bits per heavy atom. The fourth-order valence-corrected chi connectivity index (χ4v) is 9.10. The van der Waals surface area contributed by atoms with E-state index in [0.29, 0.717) is 33.2 Å². The number of nitrogens with two attached hydrogens (primary N) is 3. The van der Waals surface area contributed by atoms with Crippen LogP contribution in [0.15, 0.2) is 103 Å². The number of hydrogen-bond donors (Lipinski definition) is 19. The monoisotopic (exact) mass is 1230 g/mol. The minimum Gasteiger partial charge on any atom is -0.508 e. The van der Waals surface area contributed by atoms with Crippen LogP contribution in [0.2, 0.25) is 0 Å². The molecule has 9 unspecified atom stereocenters. The highest BCUT2D eigenvalue weighted by Crippen LogP contribution is 2.20. The maximum atomic E-state index is 14.3. The van der Waals surface area contributed by atoms with Gasteiger partial charge >= 0.3 is 5.97 Å². The largest absolute Gasteiger partial charge is 0.508 e. The summed E-state index contributed by atoms with van der Waals surface area (Å²) in [4.78, 5) is 151. The zero-order chi connectivity index (χ0) is 63.2. The first kappa shape index (κ1) is 67.4. The Hall–Kier alpha value is -9.39. The normalized spacial score (nSPS) is 14.2. The van der Waals surface area contributed by atoms with Crippen LogP contribution in [0.4, 0.5) is 0 Å². The molecule has 28 nitrogen and oxygen atoms in total. The van der Waals surface area contributed by atoms with Crippen molar-refractivity contribution in [2.75, 3.05) is 18.1 Å². The number of thiol groups is 2. The topological polar surface area (TPSA) is 479 Å². The molecular formula is C56H68N12O16S2. The fourth-order valence-electron chi connectivity index (χ4n) is 8.59. The van der Waals surface area contributed by atoms with Gasteiger partial charge in [-0.1, -0.05) is 54.6 Å². The number of phenolic OH excluding ortho intramolecular Hbond substituents is 3. The number of aromatic nitrogens is 1. The van der Waals surface area contributed by atoms with Gasteiger partial charge < -0.3 is 90.3 Å². The Labute approximate surface area is 502 Å². The van der Waals surface area contributed by atoms with Gasteiger partial charge in [-0.15, -0.1) is 0 Å². The predicted octanol–water partition coefficient (Wildman–Crippen LogP) is -3.16. The number of carboxylic acid groups (broad SMARTS) is 1. The number of aliphatic hydroxyl groups excluding tert-OH is 1. The predicted molar refractivity (Wildman–Crippen MR) is 316 cm³/mol. The molecule has 0 aliphatic carbocycles. The zero-order valence-electron chi connectivity index (χ0n) is 45.9. The molecule has 460 valence electrons. The van der Waals surface area contributed by atoms with Gasteiger partial charge in [-0.3, -0.25) is 47.9 Å². The number of carbonyl (C=O) groups excluding carboxylic acids is 10. The first-order chi connectivity index (χ1) is 40.9. The molecule has 1 heterocycles.